The van der Waals surface area contributed by atoms with Crippen molar-refractivity contribution >= 4 is 11.9 Å². The maximum atomic E-state index is 13.0. The first-order valence-corrected chi connectivity index (χ1v) is 17.0. The maximum Gasteiger partial charge on any atom is 0.331 e. The number of aliphatic carboxylic acids is 2. The van der Waals surface area contributed by atoms with Gasteiger partial charge in [0.15, 0.2) is 0 Å². The molecule has 0 saturated heterocycles. The Morgan fingerprint density at radius 2 is 1.54 bits per heavy atom. The molecule has 0 aliphatic heterocycles. The first kappa shape index (κ1) is 29.5. The fraction of sp³-hybridized carbons (Fsp3) is 0.838. The van der Waals surface area contributed by atoms with E-state index in [9.17, 15) is 19.8 Å². The minimum Gasteiger partial charge on any atom is -0.481 e. The lowest BCUT2D eigenvalue weighted by Gasteiger charge is -2.73. The second kappa shape index (κ2) is 9.46. The Labute approximate surface area is 248 Å². The third kappa shape index (κ3) is 3.83. The van der Waals surface area contributed by atoms with Crippen LogP contribution in [0.15, 0.2) is 23.8 Å². The molecule has 0 heterocycles. The highest BCUT2D eigenvalue weighted by molar-refractivity contribution is 5.87. The molecule has 5 saturated carbocycles. The lowest BCUT2D eigenvalue weighted by molar-refractivity contribution is -0.246. The Hall–Kier alpha value is -1.58. The predicted octanol–water partition coefficient (Wildman–Crippen LogP) is 9.01. The average Bonchev–Trinajstić information content (AvgIpc) is 3.30. The van der Waals surface area contributed by atoms with Crippen LogP contribution in [0.25, 0.3) is 0 Å². The molecule has 0 amide bonds. The molecule has 11 atom stereocenters. The van der Waals surface area contributed by atoms with Gasteiger partial charge in [-0.2, -0.15) is 0 Å². The van der Waals surface area contributed by atoms with Crippen LogP contribution in [0.4, 0.5) is 0 Å². The lowest BCUT2D eigenvalue weighted by Crippen LogP contribution is -2.67. The molecule has 0 spiro atoms. The summed E-state index contributed by atoms with van der Waals surface area (Å²) in [7, 11) is 0. The van der Waals surface area contributed by atoms with Crippen molar-refractivity contribution in [3.05, 3.63) is 23.8 Å². The van der Waals surface area contributed by atoms with Crippen LogP contribution in [0.1, 0.15) is 119 Å². The van der Waals surface area contributed by atoms with Crippen molar-refractivity contribution in [1.82, 2.24) is 0 Å². The summed E-state index contributed by atoms with van der Waals surface area (Å²) in [6.07, 6.45) is 18.0. The Kier molecular flexibility index (Phi) is 6.80. The molecule has 0 bridgehead atoms. The van der Waals surface area contributed by atoms with Crippen LogP contribution in [0.5, 0.6) is 0 Å². The molecule has 6 aliphatic carbocycles. The molecule has 0 aromatic heterocycles. The molecule has 0 aromatic carbocycles. The van der Waals surface area contributed by atoms with Crippen molar-refractivity contribution in [1.29, 1.82) is 0 Å². The predicted molar refractivity (Wildman–Crippen MR) is 163 cm³/mol. The zero-order chi connectivity index (χ0) is 29.8. The molecule has 0 radical (unpaired) electrons. The Morgan fingerprint density at radius 3 is 2.20 bits per heavy atom. The van der Waals surface area contributed by atoms with E-state index >= 15 is 0 Å². The topological polar surface area (TPSA) is 74.6 Å². The number of fused-ring (bicyclic) bond motifs is 7. The highest BCUT2D eigenvalue weighted by Gasteiger charge is 2.72. The fourth-order valence-electron chi connectivity index (χ4n) is 13.7. The smallest absolute Gasteiger partial charge is 0.331 e. The van der Waals surface area contributed by atoms with Crippen molar-refractivity contribution in [2.24, 2.45) is 74.4 Å². The first-order chi connectivity index (χ1) is 19.1. The fourth-order valence-corrected chi connectivity index (χ4v) is 13.7. The standard InChI is InChI=1S/C37H56O4/c1-22(2)25-13-18-37(32(40)41)20-19-35(6)27(30(25)37)11-12-29-34(5)16-14-26(23-9-8-10-24(21-23)31(38)39)33(3,4)28(34)15-17-36(29,35)7/h8-10,22-23,25-30H,11-21H2,1-7H3,(H,38,39)(H,40,41)/t23?,25-,26+,27+,28?,29?,30?,34-,35+,36+,37-/m0/s1. The van der Waals surface area contributed by atoms with E-state index < -0.39 is 17.4 Å². The van der Waals surface area contributed by atoms with E-state index in [1.54, 1.807) is 6.08 Å². The van der Waals surface area contributed by atoms with Crippen molar-refractivity contribution in [3.8, 4) is 0 Å². The van der Waals surface area contributed by atoms with Crippen LogP contribution in [-0.2, 0) is 9.59 Å². The Morgan fingerprint density at radius 1 is 0.805 bits per heavy atom. The Bertz CT molecular complexity index is 1160. The highest BCUT2D eigenvalue weighted by Crippen LogP contribution is 2.78. The molecule has 4 heteroatoms. The van der Waals surface area contributed by atoms with Gasteiger partial charge < -0.3 is 10.2 Å². The van der Waals surface area contributed by atoms with Gasteiger partial charge in [-0.1, -0.05) is 66.7 Å². The van der Waals surface area contributed by atoms with Crippen molar-refractivity contribution in [3.63, 3.8) is 0 Å². The number of allylic oxidation sites excluding steroid dienone is 3. The SMILES string of the molecule is CC(C)[C@@H]1CC[C@]2(C(=O)O)CC[C@]3(C)[C@H](CCC4[C@@]5(C)CC[C@H](C6C=CC=C(C(=O)O)C6)C(C)(C)C5CC[C@]43C)C12. The molecule has 2 N–H and O–H groups in total. The third-order valence-electron chi connectivity index (χ3n) is 15.8. The molecule has 228 valence electrons. The van der Waals surface area contributed by atoms with Gasteiger partial charge in [0.1, 0.15) is 0 Å². The van der Waals surface area contributed by atoms with Gasteiger partial charge in [-0.15, -0.1) is 0 Å². The third-order valence-corrected chi connectivity index (χ3v) is 15.8. The second-order valence-electron chi connectivity index (χ2n) is 17.3. The van der Waals surface area contributed by atoms with E-state index in [4.69, 9.17) is 0 Å². The summed E-state index contributed by atoms with van der Waals surface area (Å²) in [4.78, 5) is 24.8. The second-order valence-corrected chi connectivity index (χ2v) is 17.3. The summed E-state index contributed by atoms with van der Waals surface area (Å²) in [6, 6.07) is 0. The molecule has 5 fully saturated rings. The van der Waals surface area contributed by atoms with Gasteiger partial charge in [0, 0.05) is 5.57 Å². The van der Waals surface area contributed by atoms with Gasteiger partial charge in [-0.3, -0.25) is 4.79 Å². The van der Waals surface area contributed by atoms with E-state index in [0.717, 1.165) is 25.7 Å². The molecule has 0 aromatic rings. The summed E-state index contributed by atoms with van der Waals surface area (Å²) >= 11 is 0. The van der Waals surface area contributed by atoms with E-state index in [2.05, 4.69) is 54.5 Å². The number of hydrogen-bond donors (Lipinski definition) is 2. The molecule has 41 heavy (non-hydrogen) atoms. The largest absolute Gasteiger partial charge is 0.481 e. The molecule has 6 aliphatic rings. The van der Waals surface area contributed by atoms with E-state index in [1.165, 1.54) is 38.5 Å². The number of hydrogen-bond acceptors (Lipinski definition) is 2. The molecular weight excluding hydrogens is 508 g/mol. The lowest BCUT2D eigenvalue weighted by atomic mass is 9.31. The van der Waals surface area contributed by atoms with Gasteiger partial charge >= 0.3 is 11.9 Å². The molecule has 4 nitrogen and oxygen atoms in total. The number of rotatable bonds is 4. The van der Waals surface area contributed by atoms with Crippen molar-refractivity contribution < 1.29 is 19.8 Å². The number of carboxylic acid groups (broad SMARTS) is 2. The zero-order valence-electron chi connectivity index (χ0n) is 26.8. The normalized spacial score (nSPS) is 50.2. The maximum absolute atomic E-state index is 13.0. The average molecular weight is 565 g/mol. The van der Waals surface area contributed by atoms with Crippen LogP contribution >= 0.6 is 0 Å². The van der Waals surface area contributed by atoms with Crippen LogP contribution in [0.3, 0.4) is 0 Å². The Balaban J connectivity index is 1.31. The van der Waals surface area contributed by atoms with E-state index in [-0.39, 0.29) is 21.7 Å². The molecular formula is C37H56O4. The van der Waals surface area contributed by atoms with Crippen LogP contribution in [0.2, 0.25) is 0 Å². The summed E-state index contributed by atoms with van der Waals surface area (Å²) in [5, 5.41) is 20.4. The zero-order valence-corrected chi connectivity index (χ0v) is 26.8. The minimum atomic E-state index is -0.766. The monoisotopic (exact) mass is 564 g/mol. The van der Waals surface area contributed by atoms with Gasteiger partial charge in [0.25, 0.3) is 0 Å². The van der Waals surface area contributed by atoms with Gasteiger partial charge in [0.05, 0.1) is 5.41 Å². The summed E-state index contributed by atoms with van der Waals surface area (Å²) in [6.45, 7) is 17.6. The van der Waals surface area contributed by atoms with Gasteiger partial charge in [0.2, 0.25) is 0 Å². The number of carboxylic acids is 2. The van der Waals surface area contributed by atoms with Crippen molar-refractivity contribution in [2.45, 2.75) is 119 Å². The quantitative estimate of drug-likeness (QED) is 0.357. The number of carbonyl (C=O) groups is 2. The van der Waals surface area contributed by atoms with Crippen LogP contribution in [-0.4, -0.2) is 22.2 Å². The summed E-state index contributed by atoms with van der Waals surface area (Å²) in [5.41, 5.74) is 0.925. The van der Waals surface area contributed by atoms with Gasteiger partial charge in [-0.05, 0) is 140 Å². The molecule has 4 unspecified atom stereocenters. The van der Waals surface area contributed by atoms with Crippen LogP contribution < -0.4 is 0 Å². The summed E-state index contributed by atoms with van der Waals surface area (Å²) in [5.74, 6) is 2.77. The van der Waals surface area contributed by atoms with Crippen LogP contribution in [0, 0.1) is 74.4 Å². The minimum absolute atomic E-state index is 0.154. The molecule has 6 rings (SSSR count). The van der Waals surface area contributed by atoms with Crippen molar-refractivity contribution in [2.75, 3.05) is 0 Å². The highest BCUT2D eigenvalue weighted by atomic mass is 16.4. The van der Waals surface area contributed by atoms with Gasteiger partial charge in [-0.25, -0.2) is 4.79 Å². The van der Waals surface area contributed by atoms with E-state index in [1.807, 2.05) is 6.08 Å². The first-order valence-electron chi connectivity index (χ1n) is 17.0. The summed E-state index contributed by atoms with van der Waals surface area (Å²) < 4.78 is 0. The van der Waals surface area contributed by atoms with E-state index in [0.29, 0.717) is 59.3 Å².